The number of halogens is 1. The molecule has 22 heavy (non-hydrogen) atoms. The number of anilines is 1. The zero-order valence-electron chi connectivity index (χ0n) is 12.0. The van der Waals surface area contributed by atoms with Crippen LogP contribution in [0.1, 0.15) is 21.7 Å². The number of benzene rings is 1. The maximum Gasteiger partial charge on any atom is 0.274 e. The molecule has 0 fully saturated rings. The number of carbonyl (C=O) groups excluding carboxylic acids is 1. The molecule has 0 bridgehead atoms. The number of hydrogen-bond acceptors (Lipinski definition) is 5. The van der Waals surface area contributed by atoms with Gasteiger partial charge >= 0.3 is 0 Å². The van der Waals surface area contributed by atoms with Gasteiger partial charge in [0.15, 0.2) is 5.88 Å². The van der Waals surface area contributed by atoms with Crippen molar-refractivity contribution in [2.75, 3.05) is 19.0 Å². The predicted molar refractivity (Wildman–Crippen MR) is 79.2 cm³/mol. The molecule has 0 aliphatic carbocycles. The van der Waals surface area contributed by atoms with Crippen LogP contribution in [0.5, 0.6) is 0 Å². The third-order valence-electron chi connectivity index (χ3n) is 2.75. The molecular formula is C15H13FN4O2. The van der Waals surface area contributed by atoms with Crippen molar-refractivity contribution in [3.8, 4) is 6.07 Å². The second-order valence-electron chi connectivity index (χ2n) is 4.58. The van der Waals surface area contributed by atoms with E-state index < -0.39 is 11.7 Å². The first-order valence-electron chi connectivity index (χ1n) is 6.31. The molecule has 1 N–H and O–H groups in total. The third-order valence-corrected chi connectivity index (χ3v) is 2.75. The monoisotopic (exact) mass is 300 g/mol. The minimum atomic E-state index is -0.778. The van der Waals surface area contributed by atoms with Crippen LogP contribution in [0.25, 0.3) is 0 Å². The standard InChI is InChI=1S/C15H13FN4O2/c1-20(2)14-6-4-11(22-14)9-18-19-15(21)12-5-3-10(8-17)7-13(12)16/h3-7,9H,1-2H3,(H,19,21)/b18-9+. The van der Waals surface area contributed by atoms with Gasteiger partial charge < -0.3 is 9.32 Å². The number of nitrogens with one attached hydrogen (secondary N) is 1. The molecule has 1 heterocycles. The van der Waals surface area contributed by atoms with Gasteiger partial charge in [-0.05, 0) is 24.3 Å². The van der Waals surface area contributed by atoms with E-state index >= 15 is 0 Å². The Balaban J connectivity index is 2.03. The van der Waals surface area contributed by atoms with Gasteiger partial charge in [-0.3, -0.25) is 4.79 Å². The number of nitriles is 1. The molecule has 7 heteroatoms. The molecule has 1 aromatic carbocycles. The fourth-order valence-corrected chi connectivity index (χ4v) is 1.64. The predicted octanol–water partition coefficient (Wildman–Crippen LogP) is 2.12. The van der Waals surface area contributed by atoms with Crippen molar-refractivity contribution < 1.29 is 13.6 Å². The summed E-state index contributed by atoms with van der Waals surface area (Å²) in [5.74, 6) is -0.396. The average molecular weight is 300 g/mol. The summed E-state index contributed by atoms with van der Waals surface area (Å²) in [6.45, 7) is 0. The molecule has 112 valence electrons. The number of rotatable bonds is 4. The van der Waals surface area contributed by atoms with Gasteiger partial charge in [0.05, 0.1) is 23.4 Å². The first kappa shape index (κ1) is 15.3. The van der Waals surface area contributed by atoms with E-state index in [-0.39, 0.29) is 11.1 Å². The summed E-state index contributed by atoms with van der Waals surface area (Å²) in [4.78, 5) is 13.6. The highest BCUT2D eigenvalue weighted by atomic mass is 19.1. The van der Waals surface area contributed by atoms with Gasteiger partial charge in [-0.2, -0.15) is 10.4 Å². The number of amides is 1. The van der Waals surface area contributed by atoms with Crippen molar-refractivity contribution in [2.45, 2.75) is 0 Å². The lowest BCUT2D eigenvalue weighted by atomic mass is 10.1. The zero-order valence-corrected chi connectivity index (χ0v) is 12.0. The van der Waals surface area contributed by atoms with Crippen LogP contribution >= 0.6 is 0 Å². The lowest BCUT2D eigenvalue weighted by molar-refractivity contribution is 0.0951. The highest BCUT2D eigenvalue weighted by Gasteiger charge is 2.11. The summed E-state index contributed by atoms with van der Waals surface area (Å²) in [5.41, 5.74) is 2.15. The smallest absolute Gasteiger partial charge is 0.274 e. The highest BCUT2D eigenvalue weighted by Crippen LogP contribution is 2.14. The van der Waals surface area contributed by atoms with Gasteiger partial charge in [0.2, 0.25) is 0 Å². The summed E-state index contributed by atoms with van der Waals surface area (Å²) in [5, 5.41) is 12.4. The van der Waals surface area contributed by atoms with Gasteiger partial charge in [-0.15, -0.1) is 0 Å². The van der Waals surface area contributed by atoms with Gasteiger partial charge in [0.1, 0.15) is 11.6 Å². The molecule has 0 aliphatic heterocycles. The number of furan rings is 1. The van der Waals surface area contributed by atoms with E-state index in [1.807, 2.05) is 14.1 Å². The molecule has 0 saturated heterocycles. The largest absolute Gasteiger partial charge is 0.440 e. The van der Waals surface area contributed by atoms with Gasteiger partial charge in [-0.25, -0.2) is 9.82 Å². The Morgan fingerprint density at radius 2 is 2.18 bits per heavy atom. The minimum absolute atomic E-state index is 0.143. The Hall–Kier alpha value is -3.14. The normalized spacial score (nSPS) is 10.5. The number of hydrazone groups is 1. The quantitative estimate of drug-likeness (QED) is 0.692. The van der Waals surface area contributed by atoms with E-state index in [1.54, 1.807) is 23.1 Å². The maximum absolute atomic E-state index is 13.6. The molecular weight excluding hydrogens is 287 g/mol. The van der Waals surface area contributed by atoms with Crippen molar-refractivity contribution in [3.05, 3.63) is 53.0 Å². The van der Waals surface area contributed by atoms with Gasteiger partial charge in [0, 0.05) is 20.2 Å². The van der Waals surface area contributed by atoms with Crippen molar-refractivity contribution in [2.24, 2.45) is 5.10 Å². The molecule has 0 atom stereocenters. The first-order chi connectivity index (χ1) is 10.5. The number of nitrogens with zero attached hydrogens (tertiary/aromatic N) is 3. The summed E-state index contributed by atoms with van der Waals surface area (Å²) in [6.07, 6.45) is 1.31. The molecule has 0 spiro atoms. The van der Waals surface area contributed by atoms with Crippen LogP contribution in [-0.4, -0.2) is 26.2 Å². The topological polar surface area (TPSA) is 81.6 Å². The average Bonchev–Trinajstić information content (AvgIpc) is 2.96. The van der Waals surface area contributed by atoms with Crippen LogP contribution in [-0.2, 0) is 0 Å². The zero-order chi connectivity index (χ0) is 16.1. The number of carbonyl (C=O) groups is 1. The maximum atomic E-state index is 13.6. The molecule has 0 saturated carbocycles. The molecule has 0 aliphatic rings. The first-order valence-corrected chi connectivity index (χ1v) is 6.31. The molecule has 0 radical (unpaired) electrons. The molecule has 1 aromatic heterocycles. The van der Waals surface area contributed by atoms with E-state index in [0.717, 1.165) is 6.07 Å². The summed E-state index contributed by atoms with van der Waals surface area (Å²) >= 11 is 0. The minimum Gasteiger partial charge on any atom is -0.440 e. The Morgan fingerprint density at radius 3 is 2.77 bits per heavy atom. The fourth-order valence-electron chi connectivity index (χ4n) is 1.64. The summed E-state index contributed by atoms with van der Waals surface area (Å²) < 4.78 is 19.0. The van der Waals surface area contributed by atoms with Crippen LogP contribution in [0.4, 0.5) is 10.3 Å². The van der Waals surface area contributed by atoms with E-state index in [0.29, 0.717) is 11.6 Å². The van der Waals surface area contributed by atoms with Crippen molar-refractivity contribution in [1.29, 1.82) is 5.26 Å². The van der Waals surface area contributed by atoms with Crippen LogP contribution in [0.2, 0.25) is 0 Å². The molecule has 2 aromatic rings. The van der Waals surface area contributed by atoms with E-state index in [4.69, 9.17) is 9.68 Å². The number of hydrogen-bond donors (Lipinski definition) is 1. The Labute approximate surface area is 126 Å². The van der Waals surface area contributed by atoms with E-state index in [9.17, 15) is 9.18 Å². The SMILES string of the molecule is CN(C)c1ccc(/C=N/NC(=O)c2ccc(C#N)cc2F)o1. The lowest BCUT2D eigenvalue weighted by Crippen LogP contribution is -2.19. The Bertz CT molecular complexity index is 759. The molecule has 6 nitrogen and oxygen atoms in total. The van der Waals surface area contributed by atoms with Crippen molar-refractivity contribution in [3.63, 3.8) is 0 Å². The van der Waals surface area contributed by atoms with Gasteiger partial charge in [0.25, 0.3) is 5.91 Å². The van der Waals surface area contributed by atoms with Crippen LogP contribution in [0.15, 0.2) is 39.9 Å². The Morgan fingerprint density at radius 1 is 1.41 bits per heavy atom. The molecule has 1 amide bonds. The second kappa shape index (κ2) is 6.54. The summed E-state index contributed by atoms with van der Waals surface area (Å²) in [7, 11) is 3.66. The van der Waals surface area contributed by atoms with Crippen LogP contribution < -0.4 is 10.3 Å². The van der Waals surface area contributed by atoms with Crippen molar-refractivity contribution >= 4 is 18.0 Å². The summed E-state index contributed by atoms with van der Waals surface area (Å²) in [6, 6.07) is 8.82. The second-order valence-corrected chi connectivity index (χ2v) is 4.58. The lowest BCUT2D eigenvalue weighted by Gasteiger charge is -2.05. The van der Waals surface area contributed by atoms with E-state index in [2.05, 4.69) is 10.5 Å². The third kappa shape index (κ3) is 3.49. The van der Waals surface area contributed by atoms with Crippen molar-refractivity contribution in [1.82, 2.24) is 5.43 Å². The Kier molecular flexibility index (Phi) is 4.53. The van der Waals surface area contributed by atoms with E-state index in [1.165, 1.54) is 18.3 Å². The highest BCUT2D eigenvalue weighted by molar-refractivity contribution is 5.95. The fraction of sp³-hybridized carbons (Fsp3) is 0.133. The molecule has 0 unspecified atom stereocenters. The molecule has 2 rings (SSSR count). The van der Waals surface area contributed by atoms with Crippen LogP contribution in [0.3, 0.4) is 0 Å². The van der Waals surface area contributed by atoms with Crippen LogP contribution in [0, 0.1) is 17.1 Å². The van der Waals surface area contributed by atoms with Gasteiger partial charge in [-0.1, -0.05) is 0 Å².